The number of ether oxygens (including phenoxy) is 1. The summed E-state index contributed by atoms with van der Waals surface area (Å²) < 4.78 is 5.50. The lowest BCUT2D eigenvalue weighted by Gasteiger charge is -2.16. The average molecular weight is 300 g/mol. The van der Waals surface area contributed by atoms with Gasteiger partial charge >= 0.3 is 11.9 Å². The molecule has 21 heavy (non-hydrogen) atoms. The van der Waals surface area contributed by atoms with E-state index in [-0.39, 0.29) is 18.5 Å². The number of rotatable bonds is 14. The van der Waals surface area contributed by atoms with Gasteiger partial charge in [0.05, 0.1) is 0 Å². The first-order valence-electron chi connectivity index (χ1n) is 8.51. The van der Waals surface area contributed by atoms with E-state index in [9.17, 15) is 9.59 Å². The van der Waals surface area contributed by atoms with E-state index in [1.807, 2.05) is 0 Å². The zero-order valence-corrected chi connectivity index (χ0v) is 13.7. The van der Waals surface area contributed by atoms with E-state index in [1.165, 1.54) is 0 Å². The van der Waals surface area contributed by atoms with Gasteiger partial charge in [-0.15, -0.1) is 0 Å². The number of hydrogen-bond acceptors (Lipinski definition) is 3. The summed E-state index contributed by atoms with van der Waals surface area (Å²) in [7, 11) is 0. The van der Waals surface area contributed by atoms with Crippen LogP contribution in [0.15, 0.2) is 0 Å². The van der Waals surface area contributed by atoms with E-state index in [4.69, 9.17) is 9.84 Å². The van der Waals surface area contributed by atoms with Crippen LogP contribution in [-0.2, 0) is 14.3 Å². The molecule has 0 spiro atoms. The van der Waals surface area contributed by atoms with E-state index < -0.39 is 5.97 Å². The molecule has 0 amide bonds. The fourth-order valence-corrected chi connectivity index (χ4v) is 2.40. The topological polar surface area (TPSA) is 63.6 Å². The van der Waals surface area contributed by atoms with Crippen molar-refractivity contribution in [1.82, 2.24) is 0 Å². The van der Waals surface area contributed by atoms with Gasteiger partial charge in [0.15, 0.2) is 0 Å². The molecule has 0 heterocycles. The van der Waals surface area contributed by atoms with Gasteiger partial charge in [-0.25, -0.2) is 0 Å². The zero-order valence-electron chi connectivity index (χ0n) is 13.7. The predicted molar refractivity (Wildman–Crippen MR) is 84.3 cm³/mol. The van der Waals surface area contributed by atoms with Gasteiger partial charge in [-0.1, -0.05) is 52.4 Å². The van der Waals surface area contributed by atoms with Gasteiger partial charge in [0.2, 0.25) is 0 Å². The van der Waals surface area contributed by atoms with Crippen LogP contribution in [0.1, 0.15) is 90.9 Å². The first-order valence-corrected chi connectivity index (χ1v) is 8.51. The number of carboxylic acids is 1. The molecule has 0 radical (unpaired) electrons. The lowest BCUT2D eigenvalue weighted by Crippen LogP contribution is -2.17. The quantitative estimate of drug-likeness (QED) is 0.373. The van der Waals surface area contributed by atoms with Crippen LogP contribution < -0.4 is 0 Å². The third kappa shape index (κ3) is 13.7. The largest absolute Gasteiger partial charge is 0.481 e. The maximum absolute atomic E-state index is 11.7. The second kappa shape index (κ2) is 13.9. The molecule has 0 bridgehead atoms. The van der Waals surface area contributed by atoms with Crippen LogP contribution >= 0.6 is 0 Å². The van der Waals surface area contributed by atoms with E-state index in [0.29, 0.717) is 6.42 Å². The van der Waals surface area contributed by atoms with Gasteiger partial charge in [0.25, 0.3) is 0 Å². The molecule has 0 aromatic heterocycles. The number of unbranched alkanes of at least 4 members (excludes halogenated alkanes) is 5. The molecule has 0 aliphatic carbocycles. The van der Waals surface area contributed by atoms with Crippen molar-refractivity contribution in [2.75, 3.05) is 0 Å². The van der Waals surface area contributed by atoms with Crippen LogP contribution in [0.3, 0.4) is 0 Å². The smallest absolute Gasteiger partial charge is 0.306 e. The monoisotopic (exact) mass is 300 g/mol. The molecule has 0 aromatic carbocycles. The summed E-state index contributed by atoms with van der Waals surface area (Å²) in [6.07, 6.45) is 10.6. The Kier molecular flexibility index (Phi) is 13.2. The Balaban J connectivity index is 3.49. The molecule has 124 valence electrons. The highest BCUT2D eigenvalue weighted by molar-refractivity contribution is 5.69. The van der Waals surface area contributed by atoms with Gasteiger partial charge in [0, 0.05) is 12.8 Å². The Labute approximate surface area is 129 Å². The molecule has 0 aromatic rings. The van der Waals surface area contributed by atoms with Crippen LogP contribution in [0.25, 0.3) is 0 Å². The maximum Gasteiger partial charge on any atom is 0.306 e. The molecule has 0 rings (SSSR count). The number of carbonyl (C=O) groups excluding carboxylic acids is 1. The third-order valence-electron chi connectivity index (χ3n) is 3.54. The first-order chi connectivity index (χ1) is 10.1. The Hall–Kier alpha value is -1.06. The van der Waals surface area contributed by atoms with Crippen LogP contribution in [0, 0.1) is 0 Å². The lowest BCUT2D eigenvalue weighted by molar-refractivity contribution is -0.150. The van der Waals surface area contributed by atoms with Gasteiger partial charge in [0.1, 0.15) is 6.10 Å². The molecular weight excluding hydrogens is 268 g/mol. The molecule has 0 saturated heterocycles. The summed E-state index contributed by atoms with van der Waals surface area (Å²) in [5, 5.41) is 8.51. The molecule has 0 aliphatic rings. The van der Waals surface area contributed by atoms with Crippen molar-refractivity contribution < 1.29 is 19.4 Å². The van der Waals surface area contributed by atoms with Crippen molar-refractivity contribution in [1.29, 1.82) is 0 Å². The Morgan fingerprint density at radius 3 is 1.81 bits per heavy atom. The normalized spacial score (nSPS) is 10.8. The van der Waals surface area contributed by atoms with Crippen molar-refractivity contribution >= 4 is 11.9 Å². The van der Waals surface area contributed by atoms with E-state index in [0.717, 1.165) is 64.2 Å². The molecule has 4 heteroatoms. The molecule has 0 aliphatic heterocycles. The summed E-state index contributed by atoms with van der Waals surface area (Å²) in [4.78, 5) is 22.1. The van der Waals surface area contributed by atoms with E-state index in [1.54, 1.807) is 0 Å². The molecule has 0 unspecified atom stereocenters. The summed E-state index contributed by atoms with van der Waals surface area (Å²) in [5.74, 6) is -0.778. The minimum atomic E-state index is -0.716. The number of carbonyl (C=O) groups is 2. The van der Waals surface area contributed by atoms with E-state index >= 15 is 0 Å². The summed E-state index contributed by atoms with van der Waals surface area (Å²) in [6, 6.07) is 0. The highest BCUT2D eigenvalue weighted by Gasteiger charge is 2.12. The fourth-order valence-electron chi connectivity index (χ4n) is 2.40. The van der Waals surface area contributed by atoms with Crippen LogP contribution in [0.4, 0.5) is 0 Å². The molecule has 0 saturated carbocycles. The van der Waals surface area contributed by atoms with Gasteiger partial charge in [-0.3, -0.25) is 9.59 Å². The zero-order chi connectivity index (χ0) is 15.9. The number of hydrogen-bond donors (Lipinski definition) is 1. The Morgan fingerprint density at radius 2 is 1.33 bits per heavy atom. The average Bonchev–Trinajstić information content (AvgIpc) is 2.42. The van der Waals surface area contributed by atoms with E-state index in [2.05, 4.69) is 13.8 Å². The highest BCUT2D eigenvalue weighted by Crippen LogP contribution is 2.13. The summed E-state index contributed by atoms with van der Waals surface area (Å²) in [5.41, 5.74) is 0. The minimum absolute atomic E-state index is 0.0622. The maximum atomic E-state index is 11.7. The molecule has 1 N–H and O–H groups in total. The van der Waals surface area contributed by atoms with Crippen molar-refractivity contribution in [2.45, 2.75) is 97.0 Å². The summed E-state index contributed by atoms with van der Waals surface area (Å²) in [6.45, 7) is 4.22. The molecule has 4 nitrogen and oxygen atoms in total. The summed E-state index contributed by atoms with van der Waals surface area (Å²) >= 11 is 0. The van der Waals surface area contributed by atoms with Crippen LogP contribution in [0.2, 0.25) is 0 Å². The minimum Gasteiger partial charge on any atom is -0.481 e. The molecule has 0 atom stereocenters. The SMILES string of the molecule is CCCC(CCC)OC(=O)CCCCCCCCC(=O)O. The first kappa shape index (κ1) is 19.9. The standard InChI is InChI=1S/C17H32O4/c1-3-11-15(12-4-2)21-17(20)14-10-8-6-5-7-9-13-16(18)19/h15H,3-14H2,1-2H3,(H,18,19). The van der Waals surface area contributed by atoms with Crippen molar-refractivity contribution in [3.05, 3.63) is 0 Å². The Morgan fingerprint density at radius 1 is 0.857 bits per heavy atom. The van der Waals surface area contributed by atoms with Gasteiger partial charge in [-0.2, -0.15) is 0 Å². The fraction of sp³-hybridized carbons (Fsp3) is 0.882. The second-order valence-corrected chi connectivity index (χ2v) is 5.70. The predicted octanol–water partition coefficient (Wildman–Crippen LogP) is 4.70. The lowest BCUT2D eigenvalue weighted by atomic mass is 10.1. The second-order valence-electron chi connectivity index (χ2n) is 5.70. The third-order valence-corrected chi connectivity index (χ3v) is 3.54. The van der Waals surface area contributed by atoms with Gasteiger partial charge < -0.3 is 9.84 Å². The van der Waals surface area contributed by atoms with Crippen molar-refractivity contribution in [2.24, 2.45) is 0 Å². The molecule has 0 fully saturated rings. The van der Waals surface area contributed by atoms with Crippen molar-refractivity contribution in [3.8, 4) is 0 Å². The number of carboxylic acid groups (broad SMARTS) is 1. The number of esters is 1. The van der Waals surface area contributed by atoms with Gasteiger partial charge in [-0.05, 0) is 25.7 Å². The number of aliphatic carboxylic acids is 1. The molecular formula is C17H32O4. The van der Waals surface area contributed by atoms with Crippen molar-refractivity contribution in [3.63, 3.8) is 0 Å². The van der Waals surface area contributed by atoms with Crippen LogP contribution in [0.5, 0.6) is 0 Å². The van der Waals surface area contributed by atoms with Crippen LogP contribution in [-0.4, -0.2) is 23.1 Å². The highest BCUT2D eigenvalue weighted by atomic mass is 16.5. The Bertz CT molecular complexity index is 270.